The lowest BCUT2D eigenvalue weighted by molar-refractivity contribution is 0.102. The van der Waals surface area contributed by atoms with Crippen molar-refractivity contribution in [3.05, 3.63) is 48.0 Å². The van der Waals surface area contributed by atoms with Crippen LogP contribution in [0.25, 0.3) is 10.2 Å². The van der Waals surface area contributed by atoms with E-state index in [9.17, 15) is 13.2 Å². The van der Waals surface area contributed by atoms with Gasteiger partial charge in [-0.15, -0.1) is 0 Å². The van der Waals surface area contributed by atoms with Crippen LogP contribution in [0.15, 0.2) is 47.4 Å². The largest absolute Gasteiger partial charge is 0.494 e. The lowest BCUT2D eigenvalue weighted by Gasteiger charge is -2.26. The molecule has 2 aromatic carbocycles. The number of aromatic nitrogens is 1. The van der Waals surface area contributed by atoms with Gasteiger partial charge in [-0.2, -0.15) is 4.31 Å². The van der Waals surface area contributed by atoms with Gasteiger partial charge in [0, 0.05) is 18.7 Å². The fourth-order valence-electron chi connectivity index (χ4n) is 3.44. The summed E-state index contributed by atoms with van der Waals surface area (Å²) >= 11 is 1.34. The molecule has 0 saturated carbocycles. The van der Waals surface area contributed by atoms with Crippen molar-refractivity contribution in [2.24, 2.45) is 0 Å². The van der Waals surface area contributed by atoms with Crippen molar-refractivity contribution < 1.29 is 17.9 Å². The van der Waals surface area contributed by atoms with Gasteiger partial charge in [-0.1, -0.05) is 23.8 Å². The lowest BCUT2D eigenvalue weighted by atomic mass is 10.2. The van der Waals surface area contributed by atoms with Crippen LogP contribution in [-0.4, -0.2) is 43.3 Å². The van der Waals surface area contributed by atoms with Gasteiger partial charge >= 0.3 is 0 Å². The second kappa shape index (κ2) is 8.71. The third-order valence-electron chi connectivity index (χ3n) is 4.94. The van der Waals surface area contributed by atoms with E-state index in [-0.39, 0.29) is 10.5 Å². The van der Waals surface area contributed by atoms with E-state index in [1.165, 1.54) is 27.8 Å². The Bertz CT molecular complexity index is 1170. The van der Waals surface area contributed by atoms with Crippen molar-refractivity contribution >= 4 is 42.6 Å². The Morgan fingerprint density at radius 1 is 1.17 bits per heavy atom. The molecule has 1 aliphatic rings. The topological polar surface area (TPSA) is 88.6 Å². The van der Waals surface area contributed by atoms with Crippen molar-refractivity contribution in [2.45, 2.75) is 31.1 Å². The van der Waals surface area contributed by atoms with Crippen LogP contribution in [0.5, 0.6) is 5.75 Å². The summed E-state index contributed by atoms with van der Waals surface area (Å²) in [4.78, 5) is 17.3. The number of nitrogens with zero attached hydrogens (tertiary/aromatic N) is 2. The summed E-state index contributed by atoms with van der Waals surface area (Å²) in [5, 5.41) is 3.23. The second-order valence-corrected chi connectivity index (χ2v) is 10.00. The number of thiazole rings is 1. The fraction of sp³-hybridized carbons (Fsp3) is 0.333. The average molecular weight is 446 g/mol. The van der Waals surface area contributed by atoms with Crippen molar-refractivity contribution in [3.8, 4) is 5.75 Å². The number of sulfonamides is 1. The van der Waals surface area contributed by atoms with Crippen molar-refractivity contribution in [1.82, 2.24) is 9.29 Å². The van der Waals surface area contributed by atoms with Crippen LogP contribution in [0.1, 0.15) is 36.5 Å². The molecule has 1 fully saturated rings. The third-order valence-corrected chi connectivity index (χ3v) is 7.77. The molecule has 1 aromatic heterocycles. The summed E-state index contributed by atoms with van der Waals surface area (Å²) in [5.41, 5.74) is 1.04. The van der Waals surface area contributed by atoms with Crippen LogP contribution in [0.2, 0.25) is 0 Å². The highest BCUT2D eigenvalue weighted by Gasteiger charge is 2.26. The first-order chi connectivity index (χ1) is 14.5. The van der Waals surface area contributed by atoms with E-state index in [0.29, 0.717) is 24.8 Å². The lowest BCUT2D eigenvalue weighted by Crippen LogP contribution is -2.35. The zero-order valence-corrected chi connectivity index (χ0v) is 18.3. The van der Waals surface area contributed by atoms with Gasteiger partial charge in [-0.25, -0.2) is 13.4 Å². The number of ether oxygens (including phenoxy) is 1. The van der Waals surface area contributed by atoms with Gasteiger partial charge in [0.1, 0.15) is 5.75 Å². The molecule has 158 valence electrons. The molecule has 4 rings (SSSR count). The maximum Gasteiger partial charge on any atom is 0.257 e. The molecule has 0 spiro atoms. The number of carbonyl (C=O) groups is 1. The second-order valence-electron chi connectivity index (χ2n) is 7.03. The molecule has 1 amide bonds. The number of piperidine rings is 1. The van der Waals surface area contributed by atoms with Crippen LogP contribution in [-0.2, 0) is 10.0 Å². The average Bonchev–Trinajstić information content (AvgIpc) is 3.16. The number of anilines is 1. The highest BCUT2D eigenvalue weighted by atomic mass is 32.2. The van der Waals surface area contributed by atoms with Crippen molar-refractivity contribution in [2.75, 3.05) is 25.0 Å². The van der Waals surface area contributed by atoms with E-state index >= 15 is 0 Å². The van der Waals surface area contributed by atoms with E-state index in [0.717, 1.165) is 35.2 Å². The number of fused-ring (bicyclic) bond motifs is 1. The maximum absolute atomic E-state index is 12.9. The molecular formula is C21H23N3O4S2. The first-order valence-electron chi connectivity index (χ1n) is 9.92. The summed E-state index contributed by atoms with van der Waals surface area (Å²) in [7, 11) is -3.60. The predicted molar refractivity (Wildman–Crippen MR) is 118 cm³/mol. The molecule has 2 heterocycles. The van der Waals surface area contributed by atoms with Gasteiger partial charge in [0.05, 0.1) is 21.7 Å². The van der Waals surface area contributed by atoms with E-state index in [2.05, 4.69) is 10.3 Å². The summed E-state index contributed by atoms with van der Waals surface area (Å²) in [6.07, 6.45) is 2.77. The smallest absolute Gasteiger partial charge is 0.257 e. The molecule has 1 aliphatic heterocycles. The summed E-state index contributed by atoms with van der Waals surface area (Å²) < 4.78 is 33.7. The predicted octanol–water partition coefficient (Wildman–Crippen LogP) is 4.12. The van der Waals surface area contributed by atoms with Gasteiger partial charge in [0.25, 0.3) is 5.91 Å². The van der Waals surface area contributed by atoms with E-state index < -0.39 is 15.9 Å². The maximum atomic E-state index is 12.9. The van der Waals surface area contributed by atoms with Crippen LogP contribution >= 0.6 is 11.3 Å². The monoisotopic (exact) mass is 445 g/mol. The molecule has 0 aliphatic carbocycles. The zero-order chi connectivity index (χ0) is 21.1. The number of nitrogens with one attached hydrogen (secondary N) is 1. The Kier molecular flexibility index (Phi) is 6.03. The highest BCUT2D eigenvalue weighted by Crippen LogP contribution is 2.30. The SMILES string of the molecule is CCOc1ccc2nc(NC(=O)c3cccc(S(=O)(=O)N4CCCCC4)c3)sc2c1. The normalized spacial score (nSPS) is 15.2. The summed E-state index contributed by atoms with van der Waals surface area (Å²) in [5.74, 6) is 0.358. The van der Waals surface area contributed by atoms with Gasteiger partial charge < -0.3 is 4.74 Å². The molecule has 3 aromatic rings. The molecular weight excluding hydrogens is 422 g/mol. The Morgan fingerprint density at radius 3 is 2.73 bits per heavy atom. The molecule has 0 unspecified atom stereocenters. The Morgan fingerprint density at radius 2 is 1.97 bits per heavy atom. The Balaban J connectivity index is 1.54. The van der Waals surface area contributed by atoms with Crippen LogP contribution in [0, 0.1) is 0 Å². The molecule has 9 heteroatoms. The van der Waals surface area contributed by atoms with Crippen LogP contribution in [0.3, 0.4) is 0 Å². The zero-order valence-electron chi connectivity index (χ0n) is 16.6. The molecule has 0 atom stereocenters. The van der Waals surface area contributed by atoms with Gasteiger partial charge in [-0.3, -0.25) is 10.1 Å². The van der Waals surface area contributed by atoms with Crippen LogP contribution in [0.4, 0.5) is 5.13 Å². The quantitative estimate of drug-likeness (QED) is 0.617. The molecule has 0 bridgehead atoms. The number of benzene rings is 2. The van der Waals surface area contributed by atoms with E-state index in [4.69, 9.17) is 4.74 Å². The number of amides is 1. The minimum atomic E-state index is -3.60. The van der Waals surface area contributed by atoms with Crippen LogP contribution < -0.4 is 10.1 Å². The molecule has 0 radical (unpaired) electrons. The van der Waals surface area contributed by atoms with E-state index in [1.54, 1.807) is 12.1 Å². The Labute approximate surface area is 179 Å². The molecule has 30 heavy (non-hydrogen) atoms. The number of rotatable bonds is 6. The van der Waals surface area contributed by atoms with Gasteiger partial charge in [0.2, 0.25) is 10.0 Å². The van der Waals surface area contributed by atoms with Gasteiger partial charge in [0.15, 0.2) is 5.13 Å². The third kappa shape index (κ3) is 4.33. The highest BCUT2D eigenvalue weighted by molar-refractivity contribution is 7.89. The molecule has 1 saturated heterocycles. The number of hydrogen-bond donors (Lipinski definition) is 1. The van der Waals surface area contributed by atoms with Gasteiger partial charge in [-0.05, 0) is 56.2 Å². The van der Waals surface area contributed by atoms with E-state index in [1.807, 2.05) is 25.1 Å². The van der Waals surface area contributed by atoms with Crippen molar-refractivity contribution in [1.29, 1.82) is 0 Å². The molecule has 7 nitrogen and oxygen atoms in total. The Hall–Kier alpha value is -2.49. The first kappa shape index (κ1) is 20.8. The summed E-state index contributed by atoms with van der Waals surface area (Å²) in [6, 6.07) is 11.7. The number of hydrogen-bond acceptors (Lipinski definition) is 6. The van der Waals surface area contributed by atoms with Crippen molar-refractivity contribution in [3.63, 3.8) is 0 Å². The summed E-state index contributed by atoms with van der Waals surface area (Å²) in [6.45, 7) is 3.54. The minimum absolute atomic E-state index is 0.141. The standard InChI is InChI=1S/C21H23N3O4S2/c1-2-28-16-9-10-18-19(14-16)29-21(22-18)23-20(25)15-7-6-8-17(13-15)30(26,27)24-11-4-3-5-12-24/h6-10,13-14H,2-5,11-12H2,1H3,(H,22,23,25). The minimum Gasteiger partial charge on any atom is -0.494 e. The fourth-order valence-corrected chi connectivity index (χ4v) is 5.89. The first-order valence-corrected chi connectivity index (χ1v) is 12.2. The molecule has 1 N–H and O–H groups in total. The number of carbonyl (C=O) groups excluding carboxylic acids is 1.